The molecule has 0 aromatic heterocycles. The second kappa shape index (κ2) is 3.99. The lowest BCUT2D eigenvalue weighted by Crippen LogP contribution is -2.26. The molecule has 0 saturated carbocycles. The second-order valence-electron chi connectivity index (χ2n) is 4.56. The standard InChI is InChI=1S/C10H13F3IN/c1-9(2,3)7-4-8(10(11,12)13)6-15(14)5-7/h4,6H,5H2,1-3H3. The Morgan fingerprint density at radius 2 is 1.80 bits per heavy atom. The molecule has 0 aromatic rings. The van der Waals surface area contributed by atoms with Crippen LogP contribution in [-0.4, -0.2) is 15.8 Å². The molecule has 0 spiro atoms. The molecule has 0 fully saturated rings. The monoisotopic (exact) mass is 331 g/mol. The van der Waals surface area contributed by atoms with E-state index in [1.54, 1.807) is 3.11 Å². The Hall–Kier alpha value is -0.200. The highest BCUT2D eigenvalue weighted by molar-refractivity contribution is 14.1. The van der Waals surface area contributed by atoms with Crippen LogP contribution in [-0.2, 0) is 0 Å². The smallest absolute Gasteiger partial charge is 0.317 e. The third-order valence-corrected chi connectivity index (χ3v) is 2.84. The predicted molar refractivity (Wildman–Crippen MR) is 62.4 cm³/mol. The predicted octanol–water partition coefficient (Wildman–Crippen LogP) is 4.07. The average Bonchev–Trinajstić information content (AvgIpc) is 1.99. The van der Waals surface area contributed by atoms with Crippen LogP contribution in [0, 0.1) is 5.41 Å². The molecule has 0 bridgehead atoms. The van der Waals surface area contributed by atoms with Gasteiger partial charge in [0.05, 0.1) is 28.4 Å². The fraction of sp³-hybridized carbons (Fsp3) is 0.600. The average molecular weight is 331 g/mol. The molecular formula is C10H13F3IN. The van der Waals surface area contributed by atoms with Gasteiger partial charge in [0.25, 0.3) is 0 Å². The van der Waals surface area contributed by atoms with Gasteiger partial charge in [0.1, 0.15) is 0 Å². The van der Waals surface area contributed by atoms with Gasteiger partial charge < -0.3 is 3.11 Å². The summed E-state index contributed by atoms with van der Waals surface area (Å²) in [7, 11) is 0. The van der Waals surface area contributed by atoms with Gasteiger partial charge in [0.15, 0.2) is 0 Å². The fourth-order valence-electron chi connectivity index (χ4n) is 1.24. The van der Waals surface area contributed by atoms with Gasteiger partial charge in [0, 0.05) is 12.7 Å². The number of halogens is 4. The van der Waals surface area contributed by atoms with Crippen LogP contribution in [0.2, 0.25) is 0 Å². The minimum absolute atomic E-state index is 0.228. The summed E-state index contributed by atoms with van der Waals surface area (Å²) in [5, 5.41) is 0. The largest absolute Gasteiger partial charge is 0.417 e. The number of rotatable bonds is 0. The molecular weight excluding hydrogens is 318 g/mol. The van der Waals surface area contributed by atoms with Crippen LogP contribution in [0.25, 0.3) is 0 Å². The Morgan fingerprint density at radius 3 is 2.20 bits per heavy atom. The molecule has 1 nitrogen and oxygen atoms in total. The zero-order valence-electron chi connectivity index (χ0n) is 8.82. The minimum Gasteiger partial charge on any atom is -0.317 e. The lowest BCUT2D eigenvalue weighted by atomic mass is 9.84. The molecule has 86 valence electrons. The van der Waals surface area contributed by atoms with Gasteiger partial charge in [-0.2, -0.15) is 13.2 Å². The summed E-state index contributed by atoms with van der Waals surface area (Å²) in [6.45, 7) is 6.30. The molecule has 0 atom stereocenters. The van der Waals surface area contributed by atoms with Gasteiger partial charge >= 0.3 is 6.18 Å². The number of alkyl halides is 3. The number of allylic oxidation sites excluding steroid dienone is 2. The lowest BCUT2D eigenvalue weighted by molar-refractivity contribution is -0.0892. The van der Waals surface area contributed by atoms with Crippen LogP contribution in [0.1, 0.15) is 20.8 Å². The molecule has 1 rings (SSSR count). The quantitative estimate of drug-likeness (QED) is 0.478. The second-order valence-corrected chi connectivity index (χ2v) is 5.80. The van der Waals surface area contributed by atoms with Crippen molar-refractivity contribution >= 4 is 22.9 Å². The van der Waals surface area contributed by atoms with E-state index >= 15 is 0 Å². The van der Waals surface area contributed by atoms with Crippen LogP contribution in [0.15, 0.2) is 23.4 Å². The van der Waals surface area contributed by atoms with Crippen molar-refractivity contribution < 1.29 is 13.2 Å². The van der Waals surface area contributed by atoms with E-state index < -0.39 is 11.7 Å². The zero-order valence-corrected chi connectivity index (χ0v) is 11.0. The van der Waals surface area contributed by atoms with Gasteiger partial charge in [0.2, 0.25) is 0 Å². The van der Waals surface area contributed by atoms with Crippen molar-refractivity contribution in [2.24, 2.45) is 5.41 Å². The summed E-state index contributed by atoms with van der Waals surface area (Å²) in [4.78, 5) is 0. The summed E-state index contributed by atoms with van der Waals surface area (Å²) in [6, 6.07) is 0. The van der Waals surface area contributed by atoms with E-state index in [1.165, 1.54) is 6.08 Å². The Balaban J connectivity index is 3.06. The third kappa shape index (κ3) is 3.39. The first kappa shape index (κ1) is 12.9. The third-order valence-electron chi connectivity index (χ3n) is 2.22. The number of nitrogens with zero attached hydrogens (tertiary/aromatic N) is 1. The first-order valence-corrected chi connectivity index (χ1v) is 5.49. The van der Waals surface area contributed by atoms with E-state index in [-0.39, 0.29) is 5.41 Å². The molecule has 1 aliphatic heterocycles. The SMILES string of the molecule is CC(C)(C)C1=CC(C(F)(F)F)=CN(I)C1. The first-order valence-electron chi connectivity index (χ1n) is 4.53. The molecule has 0 aliphatic carbocycles. The van der Waals surface area contributed by atoms with E-state index in [0.29, 0.717) is 6.54 Å². The molecule has 0 unspecified atom stereocenters. The number of hydrogen-bond acceptors (Lipinski definition) is 1. The summed E-state index contributed by atoms with van der Waals surface area (Å²) in [6.07, 6.45) is -1.87. The topological polar surface area (TPSA) is 3.24 Å². The van der Waals surface area contributed by atoms with Crippen molar-refractivity contribution in [2.45, 2.75) is 26.9 Å². The minimum atomic E-state index is -4.26. The van der Waals surface area contributed by atoms with Crippen molar-refractivity contribution in [1.29, 1.82) is 0 Å². The highest BCUT2D eigenvalue weighted by Crippen LogP contribution is 2.36. The van der Waals surface area contributed by atoms with Crippen LogP contribution in [0.4, 0.5) is 13.2 Å². The lowest BCUT2D eigenvalue weighted by Gasteiger charge is -2.30. The molecule has 0 saturated heterocycles. The molecule has 0 N–H and O–H groups in total. The van der Waals surface area contributed by atoms with Crippen molar-refractivity contribution in [3.05, 3.63) is 23.4 Å². The highest BCUT2D eigenvalue weighted by Gasteiger charge is 2.36. The highest BCUT2D eigenvalue weighted by atomic mass is 127. The molecule has 1 aliphatic rings. The molecule has 0 aromatic carbocycles. The molecule has 0 radical (unpaired) electrons. The van der Waals surface area contributed by atoms with Gasteiger partial charge in [-0.05, 0) is 17.1 Å². The van der Waals surface area contributed by atoms with Crippen LogP contribution >= 0.6 is 22.9 Å². The summed E-state index contributed by atoms with van der Waals surface area (Å²) < 4.78 is 39.1. The molecule has 0 amide bonds. The van der Waals surface area contributed by atoms with Gasteiger partial charge in [-0.25, -0.2) is 0 Å². The Labute approximate surface area is 102 Å². The van der Waals surface area contributed by atoms with Crippen molar-refractivity contribution in [2.75, 3.05) is 6.54 Å². The first-order chi connectivity index (χ1) is 6.60. The van der Waals surface area contributed by atoms with E-state index in [0.717, 1.165) is 11.8 Å². The Kier molecular flexibility index (Phi) is 3.42. The van der Waals surface area contributed by atoms with E-state index in [2.05, 4.69) is 0 Å². The maximum atomic E-state index is 12.5. The van der Waals surface area contributed by atoms with Gasteiger partial charge in [-0.1, -0.05) is 20.8 Å². The van der Waals surface area contributed by atoms with Gasteiger partial charge in [-0.15, -0.1) is 0 Å². The molecule has 1 heterocycles. The fourth-order valence-corrected chi connectivity index (χ4v) is 1.91. The van der Waals surface area contributed by atoms with E-state index in [1.807, 2.05) is 43.6 Å². The summed E-state index contributed by atoms with van der Waals surface area (Å²) >= 11 is 1.88. The molecule has 5 heteroatoms. The maximum Gasteiger partial charge on any atom is 0.417 e. The number of hydrogen-bond donors (Lipinski definition) is 0. The summed E-state index contributed by atoms with van der Waals surface area (Å²) in [5.41, 5.74) is -0.00596. The van der Waals surface area contributed by atoms with Crippen molar-refractivity contribution in [3.8, 4) is 0 Å². The van der Waals surface area contributed by atoms with Crippen LogP contribution < -0.4 is 0 Å². The van der Waals surface area contributed by atoms with Crippen molar-refractivity contribution in [1.82, 2.24) is 3.11 Å². The zero-order chi connectivity index (χ0) is 11.9. The Bertz CT molecular complexity index is 310. The van der Waals surface area contributed by atoms with Crippen LogP contribution in [0.3, 0.4) is 0 Å². The normalized spacial score (nSPS) is 18.7. The molecule has 15 heavy (non-hydrogen) atoms. The van der Waals surface area contributed by atoms with E-state index in [4.69, 9.17) is 0 Å². The van der Waals surface area contributed by atoms with Crippen molar-refractivity contribution in [3.63, 3.8) is 0 Å². The summed E-state index contributed by atoms with van der Waals surface area (Å²) in [5.74, 6) is 0. The van der Waals surface area contributed by atoms with Crippen LogP contribution in [0.5, 0.6) is 0 Å². The Morgan fingerprint density at radius 1 is 1.27 bits per heavy atom. The maximum absolute atomic E-state index is 12.5. The van der Waals surface area contributed by atoms with Gasteiger partial charge in [-0.3, -0.25) is 0 Å². The van der Waals surface area contributed by atoms with E-state index in [9.17, 15) is 13.2 Å².